The maximum absolute atomic E-state index is 13.0. The van der Waals surface area contributed by atoms with Crippen molar-refractivity contribution in [3.05, 3.63) is 64.1 Å². The number of rotatable bonds is 5. The zero-order valence-electron chi connectivity index (χ0n) is 18.2. The highest BCUT2D eigenvalue weighted by Gasteiger charge is 2.27. The number of likely N-dealkylation sites (tertiary alicyclic amines) is 1. The fraction of sp³-hybridized carbons (Fsp3) is 0.417. The number of piperidine rings is 1. The van der Waals surface area contributed by atoms with E-state index in [2.05, 4.69) is 21.2 Å². The van der Waals surface area contributed by atoms with E-state index in [1.54, 1.807) is 6.07 Å². The van der Waals surface area contributed by atoms with E-state index in [9.17, 15) is 9.59 Å². The molecule has 1 saturated heterocycles. The van der Waals surface area contributed by atoms with Gasteiger partial charge in [0.25, 0.3) is 5.91 Å². The summed E-state index contributed by atoms with van der Waals surface area (Å²) in [5.74, 6) is 0.671. The highest BCUT2D eigenvalue weighted by atomic mass is 79.9. The molecule has 31 heavy (non-hydrogen) atoms. The highest BCUT2D eigenvalue weighted by Crippen LogP contribution is 2.26. The van der Waals surface area contributed by atoms with Crippen LogP contribution in [-0.2, 0) is 11.3 Å². The van der Waals surface area contributed by atoms with Crippen LogP contribution in [0.3, 0.4) is 0 Å². The molecule has 0 atom stereocenters. The van der Waals surface area contributed by atoms with Gasteiger partial charge in [0.05, 0.1) is 5.56 Å². The van der Waals surface area contributed by atoms with Crippen LogP contribution in [0.2, 0.25) is 0 Å². The first-order valence-electron chi connectivity index (χ1n) is 10.5. The molecule has 0 spiro atoms. The van der Waals surface area contributed by atoms with E-state index < -0.39 is 11.7 Å². The van der Waals surface area contributed by atoms with Crippen molar-refractivity contribution in [2.75, 3.05) is 13.1 Å². The normalized spacial score (nSPS) is 14.8. The second-order valence-electron chi connectivity index (χ2n) is 8.63. The lowest BCUT2D eigenvalue weighted by Crippen LogP contribution is -2.47. The molecule has 2 aromatic rings. The molecule has 1 fully saturated rings. The van der Waals surface area contributed by atoms with E-state index in [0.29, 0.717) is 48.3 Å². The minimum Gasteiger partial charge on any atom is -0.489 e. The molecule has 6 nitrogen and oxygen atoms in total. The molecule has 1 aliphatic heterocycles. The summed E-state index contributed by atoms with van der Waals surface area (Å²) in [6.45, 7) is 7.14. The topological polar surface area (TPSA) is 67.9 Å². The number of amides is 2. The lowest BCUT2D eigenvalue weighted by atomic mass is 10.0. The minimum absolute atomic E-state index is 0.0103. The van der Waals surface area contributed by atoms with E-state index in [1.165, 1.54) is 0 Å². The van der Waals surface area contributed by atoms with Crippen LogP contribution < -0.4 is 10.1 Å². The number of ether oxygens (including phenoxy) is 2. The fourth-order valence-electron chi connectivity index (χ4n) is 3.37. The molecule has 0 aromatic heterocycles. The largest absolute Gasteiger partial charge is 0.489 e. The molecule has 0 saturated carbocycles. The number of benzene rings is 2. The zero-order valence-corrected chi connectivity index (χ0v) is 19.8. The molecule has 1 aliphatic rings. The van der Waals surface area contributed by atoms with Gasteiger partial charge in [-0.05, 0) is 73.3 Å². The summed E-state index contributed by atoms with van der Waals surface area (Å²) >= 11 is 3.51. The average molecular weight is 489 g/mol. The van der Waals surface area contributed by atoms with Gasteiger partial charge in [0.2, 0.25) is 0 Å². The van der Waals surface area contributed by atoms with Crippen LogP contribution >= 0.6 is 15.9 Å². The highest BCUT2D eigenvalue weighted by molar-refractivity contribution is 9.10. The van der Waals surface area contributed by atoms with Crippen molar-refractivity contribution in [3.8, 4) is 5.75 Å². The maximum Gasteiger partial charge on any atom is 0.407 e. The zero-order chi connectivity index (χ0) is 22.4. The summed E-state index contributed by atoms with van der Waals surface area (Å²) in [6.07, 6.45) is 0.980. The molecule has 2 amide bonds. The maximum atomic E-state index is 13.0. The van der Waals surface area contributed by atoms with Crippen LogP contribution in [0.25, 0.3) is 0 Å². The number of nitrogens with one attached hydrogen (secondary N) is 1. The van der Waals surface area contributed by atoms with Gasteiger partial charge in [-0.15, -0.1) is 0 Å². The van der Waals surface area contributed by atoms with Gasteiger partial charge in [-0.25, -0.2) is 4.79 Å². The Balaban J connectivity index is 1.52. The van der Waals surface area contributed by atoms with Gasteiger partial charge in [-0.1, -0.05) is 30.3 Å². The number of hydrogen-bond donors (Lipinski definition) is 1. The Bertz CT molecular complexity index is 904. The number of carbonyl (C=O) groups excluding carboxylic acids is 2. The minimum atomic E-state index is -0.524. The third-order valence-electron chi connectivity index (χ3n) is 4.92. The lowest BCUT2D eigenvalue weighted by Gasteiger charge is -2.33. The molecule has 166 valence electrons. The Labute approximate surface area is 192 Å². The second kappa shape index (κ2) is 10.2. The number of halogens is 1. The van der Waals surface area contributed by atoms with E-state index in [4.69, 9.17) is 9.47 Å². The van der Waals surface area contributed by atoms with Gasteiger partial charge in [0.15, 0.2) is 0 Å². The molecular formula is C24H29BrN2O4. The number of nitrogens with zero attached hydrogens (tertiary/aromatic N) is 1. The molecule has 3 rings (SSSR count). The van der Waals surface area contributed by atoms with Crippen LogP contribution in [0, 0.1) is 0 Å². The SMILES string of the molecule is CC(C)(C)OC(=O)NC1CCN(C(=O)c2ccc(OCc3ccccc3)cc2Br)CC1. The van der Waals surface area contributed by atoms with E-state index >= 15 is 0 Å². The summed E-state index contributed by atoms with van der Waals surface area (Å²) in [7, 11) is 0. The molecule has 0 aliphatic carbocycles. The molecular weight excluding hydrogens is 460 g/mol. The van der Waals surface area contributed by atoms with Gasteiger partial charge in [-0.2, -0.15) is 0 Å². The monoisotopic (exact) mass is 488 g/mol. The standard InChI is InChI=1S/C24H29BrN2O4/c1-24(2,3)31-23(29)26-18-11-13-27(14-12-18)22(28)20-10-9-19(15-21(20)25)30-16-17-7-5-4-6-8-17/h4-10,15,18H,11-14,16H2,1-3H3,(H,26,29). The predicted molar refractivity (Wildman–Crippen MR) is 123 cm³/mol. The van der Waals surface area contributed by atoms with Crippen molar-refractivity contribution < 1.29 is 19.1 Å². The van der Waals surface area contributed by atoms with Crippen molar-refractivity contribution in [2.45, 2.75) is 51.9 Å². The Morgan fingerprint density at radius 1 is 1.10 bits per heavy atom. The van der Waals surface area contributed by atoms with Gasteiger partial charge in [-0.3, -0.25) is 4.79 Å². The van der Waals surface area contributed by atoms with Crippen molar-refractivity contribution in [1.29, 1.82) is 0 Å². The number of alkyl carbamates (subject to hydrolysis) is 1. The summed E-state index contributed by atoms with van der Waals surface area (Å²) in [5, 5.41) is 2.90. The van der Waals surface area contributed by atoms with Crippen LogP contribution in [0.15, 0.2) is 53.0 Å². The Hall–Kier alpha value is -2.54. The summed E-state index contributed by atoms with van der Waals surface area (Å²) in [6, 6.07) is 15.4. The molecule has 2 aromatic carbocycles. The first-order chi connectivity index (χ1) is 14.7. The smallest absolute Gasteiger partial charge is 0.407 e. The first kappa shape index (κ1) is 23.1. The lowest BCUT2D eigenvalue weighted by molar-refractivity contribution is 0.0473. The Morgan fingerprint density at radius 3 is 2.39 bits per heavy atom. The molecule has 1 heterocycles. The van der Waals surface area contributed by atoms with Gasteiger partial charge < -0.3 is 19.7 Å². The molecule has 0 unspecified atom stereocenters. The van der Waals surface area contributed by atoms with E-state index in [0.717, 1.165) is 5.56 Å². The summed E-state index contributed by atoms with van der Waals surface area (Å²) in [4.78, 5) is 26.7. The third kappa shape index (κ3) is 6.99. The van der Waals surface area contributed by atoms with E-state index in [-0.39, 0.29) is 11.9 Å². The fourth-order valence-corrected chi connectivity index (χ4v) is 3.90. The van der Waals surface area contributed by atoms with Crippen molar-refractivity contribution >= 4 is 27.9 Å². The Morgan fingerprint density at radius 2 is 1.77 bits per heavy atom. The van der Waals surface area contributed by atoms with Gasteiger partial charge >= 0.3 is 6.09 Å². The summed E-state index contributed by atoms with van der Waals surface area (Å²) < 4.78 is 11.8. The number of carbonyl (C=O) groups is 2. The van der Waals surface area contributed by atoms with Crippen molar-refractivity contribution in [2.24, 2.45) is 0 Å². The second-order valence-corrected chi connectivity index (χ2v) is 9.48. The van der Waals surface area contributed by atoms with Gasteiger partial charge in [0, 0.05) is 23.6 Å². The summed E-state index contributed by atoms with van der Waals surface area (Å²) in [5.41, 5.74) is 1.16. The molecule has 1 N–H and O–H groups in total. The van der Waals surface area contributed by atoms with Crippen LogP contribution in [-0.4, -0.2) is 41.6 Å². The predicted octanol–water partition coefficient (Wildman–Crippen LogP) is 5.16. The van der Waals surface area contributed by atoms with Crippen LogP contribution in [0.1, 0.15) is 49.5 Å². The van der Waals surface area contributed by atoms with Crippen molar-refractivity contribution in [1.82, 2.24) is 10.2 Å². The number of hydrogen-bond acceptors (Lipinski definition) is 4. The van der Waals surface area contributed by atoms with Crippen molar-refractivity contribution in [3.63, 3.8) is 0 Å². The van der Waals surface area contributed by atoms with Crippen LogP contribution in [0.5, 0.6) is 5.75 Å². The molecule has 0 radical (unpaired) electrons. The quantitative estimate of drug-likeness (QED) is 0.631. The molecule has 0 bridgehead atoms. The Kier molecular flexibility index (Phi) is 7.59. The van der Waals surface area contributed by atoms with E-state index in [1.807, 2.05) is 68.1 Å². The van der Waals surface area contributed by atoms with Gasteiger partial charge in [0.1, 0.15) is 18.0 Å². The first-order valence-corrected chi connectivity index (χ1v) is 11.3. The third-order valence-corrected chi connectivity index (χ3v) is 5.58. The molecule has 7 heteroatoms. The van der Waals surface area contributed by atoms with Crippen LogP contribution in [0.4, 0.5) is 4.79 Å². The average Bonchev–Trinajstić information content (AvgIpc) is 2.72.